The van der Waals surface area contributed by atoms with Crippen LogP contribution in [0, 0.1) is 0 Å². The zero-order valence-electron chi connectivity index (χ0n) is 13.9. The predicted molar refractivity (Wildman–Crippen MR) is 93.6 cm³/mol. The van der Waals surface area contributed by atoms with Crippen LogP contribution in [-0.2, 0) is 0 Å². The average molecular weight is 302 g/mol. The van der Waals surface area contributed by atoms with Crippen molar-refractivity contribution in [1.82, 2.24) is 10.3 Å². The Hall–Kier alpha value is -1.29. The lowest BCUT2D eigenvalue weighted by atomic mass is 10.0. The molecular formula is C18H30N4. The summed E-state index contributed by atoms with van der Waals surface area (Å²) in [6.45, 7) is 5.78. The van der Waals surface area contributed by atoms with E-state index in [-0.39, 0.29) is 0 Å². The van der Waals surface area contributed by atoms with E-state index >= 15 is 0 Å². The van der Waals surface area contributed by atoms with Gasteiger partial charge in [0.2, 0.25) is 0 Å². The molecule has 2 aliphatic heterocycles. The molecule has 0 amide bonds. The molecule has 4 nitrogen and oxygen atoms in total. The van der Waals surface area contributed by atoms with Crippen LogP contribution in [0.3, 0.4) is 0 Å². The van der Waals surface area contributed by atoms with Crippen molar-refractivity contribution in [2.45, 2.75) is 64.0 Å². The van der Waals surface area contributed by atoms with E-state index < -0.39 is 0 Å². The fourth-order valence-corrected chi connectivity index (χ4v) is 3.68. The van der Waals surface area contributed by atoms with Crippen molar-refractivity contribution >= 4 is 11.5 Å². The van der Waals surface area contributed by atoms with E-state index in [1.165, 1.54) is 51.5 Å². The maximum atomic E-state index is 4.62. The van der Waals surface area contributed by atoms with E-state index in [9.17, 15) is 0 Å². The van der Waals surface area contributed by atoms with Gasteiger partial charge >= 0.3 is 0 Å². The third-order valence-electron chi connectivity index (χ3n) is 4.89. The highest BCUT2D eigenvalue weighted by molar-refractivity contribution is 5.49. The van der Waals surface area contributed by atoms with E-state index in [4.69, 9.17) is 0 Å². The monoisotopic (exact) mass is 302 g/mol. The summed E-state index contributed by atoms with van der Waals surface area (Å²) in [6, 6.07) is 5.49. The summed E-state index contributed by atoms with van der Waals surface area (Å²) >= 11 is 0. The van der Waals surface area contributed by atoms with E-state index in [0.29, 0.717) is 12.1 Å². The summed E-state index contributed by atoms with van der Waals surface area (Å²) in [5.41, 5.74) is 1.14. The highest BCUT2D eigenvalue weighted by atomic mass is 15.2. The quantitative estimate of drug-likeness (QED) is 0.874. The van der Waals surface area contributed by atoms with Crippen molar-refractivity contribution < 1.29 is 0 Å². The van der Waals surface area contributed by atoms with Gasteiger partial charge in [-0.1, -0.05) is 12.8 Å². The Bertz CT molecular complexity index is 431. The molecule has 3 rings (SSSR count). The first kappa shape index (κ1) is 15.6. The van der Waals surface area contributed by atoms with E-state index in [1.807, 2.05) is 6.20 Å². The average Bonchev–Trinajstić information content (AvgIpc) is 2.94. The molecule has 2 unspecified atom stereocenters. The topological polar surface area (TPSA) is 40.2 Å². The molecule has 0 saturated carbocycles. The van der Waals surface area contributed by atoms with Crippen molar-refractivity contribution in [3.05, 3.63) is 18.3 Å². The summed E-state index contributed by atoms with van der Waals surface area (Å²) in [5.74, 6) is 1.13. The van der Waals surface area contributed by atoms with Gasteiger partial charge < -0.3 is 15.5 Å². The van der Waals surface area contributed by atoms with Crippen LogP contribution in [0.15, 0.2) is 18.3 Å². The summed E-state index contributed by atoms with van der Waals surface area (Å²) < 4.78 is 0. The van der Waals surface area contributed by atoms with Crippen molar-refractivity contribution in [2.24, 2.45) is 0 Å². The molecule has 0 aromatic carbocycles. The van der Waals surface area contributed by atoms with Crippen LogP contribution < -0.4 is 15.5 Å². The third kappa shape index (κ3) is 4.35. The second-order valence-corrected chi connectivity index (χ2v) is 6.88. The van der Waals surface area contributed by atoms with Gasteiger partial charge in [0.1, 0.15) is 5.82 Å². The number of nitrogens with zero attached hydrogens (tertiary/aromatic N) is 2. The van der Waals surface area contributed by atoms with Gasteiger partial charge in [0.05, 0.1) is 11.9 Å². The maximum Gasteiger partial charge on any atom is 0.128 e. The van der Waals surface area contributed by atoms with E-state index in [2.05, 4.69) is 39.6 Å². The smallest absolute Gasteiger partial charge is 0.128 e. The molecule has 2 aliphatic rings. The predicted octanol–water partition coefficient (Wildman–Crippen LogP) is 3.40. The minimum absolute atomic E-state index is 0.482. The molecule has 1 aromatic heterocycles. The second-order valence-electron chi connectivity index (χ2n) is 6.88. The lowest BCUT2D eigenvalue weighted by Crippen LogP contribution is -2.33. The molecule has 2 N–H and O–H groups in total. The van der Waals surface area contributed by atoms with E-state index in [0.717, 1.165) is 24.6 Å². The number of nitrogens with one attached hydrogen (secondary N) is 2. The van der Waals surface area contributed by atoms with Gasteiger partial charge in [0.15, 0.2) is 0 Å². The minimum Gasteiger partial charge on any atom is -0.381 e. The first-order valence-electron chi connectivity index (χ1n) is 9.02. The van der Waals surface area contributed by atoms with Gasteiger partial charge in [0.25, 0.3) is 0 Å². The molecule has 0 aliphatic carbocycles. The Labute approximate surface area is 134 Å². The van der Waals surface area contributed by atoms with Crippen LogP contribution in [0.25, 0.3) is 0 Å². The largest absolute Gasteiger partial charge is 0.381 e. The second kappa shape index (κ2) is 7.82. The number of aromatic nitrogens is 1. The zero-order chi connectivity index (χ0) is 15.2. The SMILES string of the molecule is CC(CC1CCCCCN1)Nc1ccc(N2CCCC2)nc1. The van der Waals surface area contributed by atoms with Gasteiger partial charge in [0, 0.05) is 25.2 Å². The molecule has 2 atom stereocenters. The highest BCUT2D eigenvalue weighted by Gasteiger charge is 2.16. The summed E-state index contributed by atoms with van der Waals surface area (Å²) in [5, 5.41) is 7.29. The Morgan fingerprint density at radius 2 is 2.09 bits per heavy atom. The molecule has 4 heteroatoms. The van der Waals surface area contributed by atoms with Gasteiger partial charge in [-0.2, -0.15) is 0 Å². The number of hydrogen-bond acceptors (Lipinski definition) is 4. The number of rotatable bonds is 5. The molecule has 2 saturated heterocycles. The summed E-state index contributed by atoms with van der Waals surface area (Å²) in [4.78, 5) is 7.00. The van der Waals surface area contributed by atoms with Crippen LogP contribution in [0.1, 0.15) is 51.9 Å². The molecule has 0 radical (unpaired) electrons. The Kier molecular flexibility index (Phi) is 5.54. The van der Waals surface area contributed by atoms with Crippen LogP contribution >= 0.6 is 0 Å². The van der Waals surface area contributed by atoms with Gasteiger partial charge in [-0.25, -0.2) is 4.98 Å². The lowest BCUT2D eigenvalue weighted by molar-refractivity contribution is 0.456. The van der Waals surface area contributed by atoms with Gasteiger partial charge in [-0.3, -0.25) is 0 Å². The molecule has 0 bridgehead atoms. The van der Waals surface area contributed by atoms with Crippen molar-refractivity contribution in [3.63, 3.8) is 0 Å². The zero-order valence-corrected chi connectivity index (χ0v) is 13.9. The molecule has 122 valence electrons. The summed E-state index contributed by atoms with van der Waals surface area (Å²) in [7, 11) is 0. The molecule has 0 spiro atoms. The summed E-state index contributed by atoms with van der Waals surface area (Å²) in [6.07, 6.45) is 11.2. The Morgan fingerprint density at radius 3 is 2.86 bits per heavy atom. The highest BCUT2D eigenvalue weighted by Crippen LogP contribution is 2.20. The van der Waals surface area contributed by atoms with Gasteiger partial charge in [-0.15, -0.1) is 0 Å². The molecule has 2 fully saturated rings. The van der Waals surface area contributed by atoms with Crippen LogP contribution in [-0.4, -0.2) is 36.7 Å². The van der Waals surface area contributed by atoms with Crippen LogP contribution in [0.5, 0.6) is 0 Å². The molecule has 1 aromatic rings. The standard InChI is InChI=1S/C18H30N4/c1-15(13-16-7-3-2-4-10-19-16)21-17-8-9-18(20-14-17)22-11-5-6-12-22/h8-9,14-16,19,21H,2-7,10-13H2,1H3. The van der Waals surface area contributed by atoms with E-state index in [1.54, 1.807) is 0 Å². The first-order valence-corrected chi connectivity index (χ1v) is 9.02. The molecule has 3 heterocycles. The number of anilines is 2. The number of hydrogen-bond donors (Lipinski definition) is 2. The number of pyridine rings is 1. The third-order valence-corrected chi connectivity index (χ3v) is 4.89. The van der Waals surface area contributed by atoms with Crippen molar-refractivity contribution in [2.75, 3.05) is 29.9 Å². The Balaban J connectivity index is 1.49. The lowest BCUT2D eigenvalue weighted by Gasteiger charge is -2.22. The normalized spacial score (nSPS) is 24.0. The van der Waals surface area contributed by atoms with Crippen molar-refractivity contribution in [1.29, 1.82) is 0 Å². The van der Waals surface area contributed by atoms with Crippen LogP contribution in [0.2, 0.25) is 0 Å². The van der Waals surface area contributed by atoms with Gasteiger partial charge in [-0.05, 0) is 57.7 Å². The van der Waals surface area contributed by atoms with Crippen LogP contribution in [0.4, 0.5) is 11.5 Å². The first-order chi connectivity index (χ1) is 10.8. The fourth-order valence-electron chi connectivity index (χ4n) is 3.68. The minimum atomic E-state index is 0.482. The maximum absolute atomic E-state index is 4.62. The molecule has 22 heavy (non-hydrogen) atoms. The molecular weight excluding hydrogens is 272 g/mol. The Morgan fingerprint density at radius 1 is 1.23 bits per heavy atom. The fraction of sp³-hybridized carbons (Fsp3) is 0.722. The van der Waals surface area contributed by atoms with Crippen molar-refractivity contribution in [3.8, 4) is 0 Å².